The Morgan fingerprint density at radius 3 is 2.69 bits per heavy atom. The Morgan fingerprint density at radius 1 is 1.27 bits per heavy atom. The van der Waals surface area contributed by atoms with Crippen molar-refractivity contribution in [1.29, 1.82) is 0 Å². The van der Waals surface area contributed by atoms with E-state index in [1.165, 1.54) is 19.5 Å². The largest absolute Gasteiger partial charge is 0.493 e. The fourth-order valence-electron chi connectivity index (χ4n) is 3.14. The number of aliphatic imine (C=N–C) groups is 1. The second-order valence-corrected chi connectivity index (χ2v) is 6.73. The summed E-state index contributed by atoms with van der Waals surface area (Å²) in [5, 5.41) is 6.80. The first-order valence-electron chi connectivity index (χ1n) is 9.70. The summed E-state index contributed by atoms with van der Waals surface area (Å²) in [6.45, 7) is 12.3. The number of likely N-dealkylation sites (tertiary alicyclic amines) is 1. The van der Waals surface area contributed by atoms with Gasteiger partial charge in [0.1, 0.15) is 6.10 Å². The van der Waals surface area contributed by atoms with Crippen LogP contribution in [0.2, 0.25) is 0 Å². The summed E-state index contributed by atoms with van der Waals surface area (Å²) in [6.07, 6.45) is 1.22. The van der Waals surface area contributed by atoms with Gasteiger partial charge in [0.2, 0.25) is 0 Å². The Bertz CT molecular complexity index is 564. The average Bonchev–Trinajstić information content (AvgIpc) is 3.12. The van der Waals surface area contributed by atoms with Gasteiger partial charge in [0, 0.05) is 19.6 Å². The van der Waals surface area contributed by atoms with Crippen molar-refractivity contribution >= 4 is 5.96 Å². The molecule has 1 saturated heterocycles. The summed E-state index contributed by atoms with van der Waals surface area (Å²) in [5.74, 6) is 3.05. The highest BCUT2D eigenvalue weighted by molar-refractivity contribution is 5.79. The van der Waals surface area contributed by atoms with Gasteiger partial charge in [-0.2, -0.15) is 0 Å². The molecule has 146 valence electrons. The highest BCUT2D eigenvalue weighted by Gasteiger charge is 2.21. The van der Waals surface area contributed by atoms with E-state index in [1.807, 2.05) is 31.2 Å². The minimum Gasteiger partial charge on any atom is -0.493 e. The van der Waals surface area contributed by atoms with Gasteiger partial charge in [-0.15, -0.1) is 0 Å². The van der Waals surface area contributed by atoms with Gasteiger partial charge in [0.25, 0.3) is 0 Å². The maximum Gasteiger partial charge on any atom is 0.191 e. The molecule has 0 amide bonds. The smallest absolute Gasteiger partial charge is 0.191 e. The van der Waals surface area contributed by atoms with Crippen LogP contribution >= 0.6 is 0 Å². The third-order valence-electron chi connectivity index (χ3n) is 4.62. The van der Waals surface area contributed by atoms with E-state index in [9.17, 15) is 0 Å². The third kappa shape index (κ3) is 6.41. The Balaban J connectivity index is 1.83. The predicted molar refractivity (Wildman–Crippen MR) is 107 cm³/mol. The molecule has 0 aliphatic carbocycles. The predicted octanol–water partition coefficient (Wildman–Crippen LogP) is 2.36. The zero-order valence-corrected chi connectivity index (χ0v) is 16.6. The SMILES string of the molecule is CCNC(=NCC(C)Oc1ccccc1OC)NCC1CCN(CC)C1. The van der Waals surface area contributed by atoms with E-state index in [2.05, 4.69) is 34.4 Å². The molecule has 6 nitrogen and oxygen atoms in total. The summed E-state index contributed by atoms with van der Waals surface area (Å²) in [6, 6.07) is 7.70. The Kier molecular flexibility index (Phi) is 8.54. The zero-order chi connectivity index (χ0) is 18.8. The lowest BCUT2D eigenvalue weighted by molar-refractivity contribution is 0.219. The Hall–Kier alpha value is -1.95. The molecule has 26 heavy (non-hydrogen) atoms. The van der Waals surface area contributed by atoms with Crippen LogP contribution in [0.1, 0.15) is 27.2 Å². The topological polar surface area (TPSA) is 58.1 Å². The standard InChI is InChI=1S/C20H34N4O2/c1-5-21-20(23-14-17-11-12-24(6-2)15-17)22-13-16(3)26-19-10-8-7-9-18(19)25-4/h7-10,16-17H,5-6,11-15H2,1-4H3,(H2,21,22,23). The normalized spacial score (nSPS) is 19.2. The number of benzene rings is 1. The molecule has 0 radical (unpaired) electrons. The van der Waals surface area contributed by atoms with Gasteiger partial charge in [-0.3, -0.25) is 0 Å². The zero-order valence-electron chi connectivity index (χ0n) is 16.6. The van der Waals surface area contributed by atoms with Crippen molar-refractivity contribution in [3.8, 4) is 11.5 Å². The molecule has 0 spiro atoms. The van der Waals surface area contributed by atoms with Crippen molar-refractivity contribution in [3.63, 3.8) is 0 Å². The molecule has 2 rings (SSSR count). The maximum absolute atomic E-state index is 5.98. The van der Waals surface area contributed by atoms with Crippen LogP contribution < -0.4 is 20.1 Å². The van der Waals surface area contributed by atoms with E-state index < -0.39 is 0 Å². The molecule has 1 heterocycles. The van der Waals surface area contributed by atoms with Crippen LogP contribution in [-0.4, -0.2) is 63.3 Å². The van der Waals surface area contributed by atoms with Crippen molar-refractivity contribution in [2.24, 2.45) is 10.9 Å². The second-order valence-electron chi connectivity index (χ2n) is 6.73. The lowest BCUT2D eigenvalue weighted by Crippen LogP contribution is -2.41. The Morgan fingerprint density at radius 2 is 2.04 bits per heavy atom. The quantitative estimate of drug-likeness (QED) is 0.522. The summed E-state index contributed by atoms with van der Waals surface area (Å²) < 4.78 is 11.3. The molecule has 1 aromatic rings. The van der Waals surface area contributed by atoms with Gasteiger partial charge in [-0.25, -0.2) is 4.99 Å². The van der Waals surface area contributed by atoms with Gasteiger partial charge >= 0.3 is 0 Å². The molecule has 1 aromatic carbocycles. The van der Waals surface area contributed by atoms with Crippen molar-refractivity contribution < 1.29 is 9.47 Å². The lowest BCUT2D eigenvalue weighted by atomic mass is 10.1. The highest BCUT2D eigenvalue weighted by atomic mass is 16.5. The number of guanidine groups is 1. The van der Waals surface area contributed by atoms with Crippen molar-refractivity contribution in [2.45, 2.75) is 33.3 Å². The molecule has 2 unspecified atom stereocenters. The summed E-state index contributed by atoms with van der Waals surface area (Å²) in [7, 11) is 1.65. The van der Waals surface area contributed by atoms with E-state index in [0.717, 1.165) is 37.1 Å². The molecule has 6 heteroatoms. The van der Waals surface area contributed by atoms with E-state index in [1.54, 1.807) is 7.11 Å². The van der Waals surface area contributed by atoms with Gasteiger partial charge in [-0.1, -0.05) is 19.1 Å². The number of rotatable bonds is 9. The van der Waals surface area contributed by atoms with Crippen molar-refractivity contribution in [3.05, 3.63) is 24.3 Å². The molecule has 1 fully saturated rings. The van der Waals surface area contributed by atoms with Crippen molar-refractivity contribution in [1.82, 2.24) is 15.5 Å². The molecule has 0 bridgehead atoms. The molecule has 2 N–H and O–H groups in total. The van der Waals surface area contributed by atoms with Crippen LogP contribution in [-0.2, 0) is 0 Å². The molecular weight excluding hydrogens is 328 g/mol. The number of methoxy groups -OCH3 is 1. The number of nitrogens with one attached hydrogen (secondary N) is 2. The summed E-state index contributed by atoms with van der Waals surface area (Å²) in [5.41, 5.74) is 0. The van der Waals surface area contributed by atoms with Gasteiger partial charge in [0.05, 0.1) is 13.7 Å². The second kappa shape index (κ2) is 10.9. The van der Waals surface area contributed by atoms with Crippen LogP contribution in [0.4, 0.5) is 0 Å². The van der Waals surface area contributed by atoms with E-state index in [-0.39, 0.29) is 6.10 Å². The monoisotopic (exact) mass is 362 g/mol. The van der Waals surface area contributed by atoms with E-state index in [0.29, 0.717) is 12.5 Å². The third-order valence-corrected chi connectivity index (χ3v) is 4.62. The molecule has 1 aliphatic rings. The van der Waals surface area contributed by atoms with Gasteiger partial charge < -0.3 is 25.0 Å². The minimum absolute atomic E-state index is 0.0381. The molecule has 1 aliphatic heterocycles. The number of hydrogen-bond acceptors (Lipinski definition) is 4. The number of hydrogen-bond donors (Lipinski definition) is 2. The first kappa shape index (κ1) is 20.4. The minimum atomic E-state index is -0.0381. The van der Waals surface area contributed by atoms with Crippen LogP contribution in [0.15, 0.2) is 29.3 Å². The lowest BCUT2D eigenvalue weighted by Gasteiger charge is -2.18. The van der Waals surface area contributed by atoms with Gasteiger partial charge in [0.15, 0.2) is 17.5 Å². The fraction of sp³-hybridized carbons (Fsp3) is 0.650. The Labute approximate surface area is 158 Å². The summed E-state index contributed by atoms with van der Waals surface area (Å²) >= 11 is 0. The van der Waals surface area contributed by atoms with Crippen LogP contribution in [0.25, 0.3) is 0 Å². The highest BCUT2D eigenvalue weighted by Crippen LogP contribution is 2.26. The van der Waals surface area contributed by atoms with Crippen LogP contribution in [0.5, 0.6) is 11.5 Å². The molecule has 0 aromatic heterocycles. The van der Waals surface area contributed by atoms with E-state index in [4.69, 9.17) is 9.47 Å². The van der Waals surface area contributed by atoms with Crippen molar-refractivity contribution in [2.75, 3.05) is 46.4 Å². The van der Waals surface area contributed by atoms with Crippen LogP contribution in [0, 0.1) is 5.92 Å². The summed E-state index contributed by atoms with van der Waals surface area (Å²) in [4.78, 5) is 7.18. The van der Waals surface area contributed by atoms with E-state index >= 15 is 0 Å². The average molecular weight is 363 g/mol. The first-order valence-corrected chi connectivity index (χ1v) is 9.70. The fourth-order valence-corrected chi connectivity index (χ4v) is 3.14. The molecule has 2 atom stereocenters. The number of para-hydroxylation sites is 2. The first-order chi connectivity index (χ1) is 12.7. The van der Waals surface area contributed by atoms with Crippen LogP contribution in [0.3, 0.4) is 0 Å². The number of nitrogens with zero attached hydrogens (tertiary/aromatic N) is 2. The maximum atomic E-state index is 5.98. The molecule has 0 saturated carbocycles. The van der Waals surface area contributed by atoms with Gasteiger partial charge in [-0.05, 0) is 51.4 Å². The molecular formula is C20H34N4O2. The number of ether oxygens (including phenoxy) is 2.